The van der Waals surface area contributed by atoms with Crippen molar-refractivity contribution in [2.75, 3.05) is 13.7 Å². The van der Waals surface area contributed by atoms with Crippen molar-refractivity contribution in [3.05, 3.63) is 59.7 Å². The van der Waals surface area contributed by atoms with Crippen LogP contribution in [0.1, 0.15) is 71.6 Å². The van der Waals surface area contributed by atoms with E-state index in [4.69, 9.17) is 23.1 Å². The van der Waals surface area contributed by atoms with Gasteiger partial charge >= 0.3 is 0 Å². The minimum absolute atomic E-state index is 0.0571. The van der Waals surface area contributed by atoms with Crippen molar-refractivity contribution in [3.8, 4) is 11.5 Å². The molecule has 2 aromatic rings. The smallest absolute Gasteiger partial charge is 0.192 e. The summed E-state index contributed by atoms with van der Waals surface area (Å²) in [5.41, 5.74) is 2.51. The third-order valence-corrected chi connectivity index (χ3v) is 19.1. The number of benzene rings is 2. The Bertz CT molecular complexity index is 1170. The van der Waals surface area contributed by atoms with Crippen molar-refractivity contribution >= 4 is 16.6 Å². The Morgan fingerprint density at radius 2 is 1.39 bits per heavy atom. The van der Waals surface area contributed by atoms with E-state index in [-0.39, 0.29) is 34.5 Å². The predicted molar refractivity (Wildman–Crippen MR) is 173 cm³/mol. The van der Waals surface area contributed by atoms with Crippen LogP contribution in [0.5, 0.6) is 11.5 Å². The van der Waals surface area contributed by atoms with E-state index < -0.39 is 16.6 Å². The summed E-state index contributed by atoms with van der Waals surface area (Å²) in [6, 6.07) is 16.5. The molecule has 41 heavy (non-hydrogen) atoms. The summed E-state index contributed by atoms with van der Waals surface area (Å²) in [5, 5.41) is 0.336. The molecule has 0 heterocycles. The highest BCUT2D eigenvalue weighted by Crippen LogP contribution is 2.43. The zero-order valence-corrected chi connectivity index (χ0v) is 29.4. The van der Waals surface area contributed by atoms with Gasteiger partial charge in [-0.3, -0.25) is 0 Å². The maximum Gasteiger partial charge on any atom is 0.192 e. The van der Waals surface area contributed by atoms with Gasteiger partial charge in [0, 0.05) is 38.5 Å². The maximum absolute atomic E-state index is 7.02. The fraction of sp³-hybridized carbons (Fsp3) is 0.647. The molecule has 0 aliphatic heterocycles. The molecule has 0 amide bonds. The molecule has 0 radical (unpaired) electrons. The Kier molecular flexibility index (Phi) is 9.57. The van der Waals surface area contributed by atoms with E-state index in [0.29, 0.717) is 5.92 Å². The van der Waals surface area contributed by atoms with Gasteiger partial charge in [0.15, 0.2) is 16.6 Å². The van der Waals surface area contributed by atoms with Crippen molar-refractivity contribution in [1.82, 2.24) is 0 Å². The minimum Gasteiger partial charge on any atom is -0.490 e. The molecule has 1 saturated carbocycles. The third-order valence-electron chi connectivity index (χ3n) is 10.1. The number of hydrogen-bond donors (Lipinski definition) is 0. The van der Waals surface area contributed by atoms with E-state index in [9.17, 15) is 0 Å². The molecule has 2 aromatic carbocycles. The fourth-order valence-electron chi connectivity index (χ4n) is 5.43. The molecule has 5 atom stereocenters. The Morgan fingerprint density at radius 1 is 0.756 bits per heavy atom. The summed E-state index contributed by atoms with van der Waals surface area (Å²) >= 11 is 0. The van der Waals surface area contributed by atoms with Crippen molar-refractivity contribution < 1.29 is 23.1 Å². The van der Waals surface area contributed by atoms with E-state index in [1.807, 2.05) is 24.3 Å². The molecule has 1 fully saturated rings. The first-order valence-corrected chi connectivity index (χ1v) is 21.2. The van der Waals surface area contributed by atoms with E-state index in [1.54, 1.807) is 7.11 Å². The monoisotopic (exact) mass is 598 g/mol. The zero-order chi connectivity index (χ0) is 30.2. The first-order valence-electron chi connectivity index (χ1n) is 15.4. The Morgan fingerprint density at radius 3 is 2.02 bits per heavy atom. The van der Waals surface area contributed by atoms with Crippen LogP contribution in [0, 0.1) is 5.92 Å². The lowest BCUT2D eigenvalue weighted by atomic mass is 10.1. The summed E-state index contributed by atoms with van der Waals surface area (Å²) in [6.45, 7) is 23.9. The number of fused-ring (bicyclic) bond motifs is 1. The molecule has 5 nitrogen and oxygen atoms in total. The summed E-state index contributed by atoms with van der Waals surface area (Å²) < 4.78 is 32.7. The second-order valence-corrected chi connectivity index (χ2v) is 24.7. The van der Waals surface area contributed by atoms with Gasteiger partial charge in [0.2, 0.25) is 0 Å². The Labute approximate surface area is 251 Å². The van der Waals surface area contributed by atoms with Gasteiger partial charge < -0.3 is 23.1 Å². The molecule has 4 rings (SSSR count). The van der Waals surface area contributed by atoms with E-state index in [2.05, 4.69) is 92.0 Å². The van der Waals surface area contributed by atoms with Crippen LogP contribution in [0.3, 0.4) is 0 Å². The molecule has 0 unspecified atom stereocenters. The SMILES string of the molecule is CO[C@@H]1c2ccccc2C[C@H]1Oc1cccc(O[C@@H]2C[C@@H](CO[Si](C)(C)C(C)(C)C)[C@H](O[Si](C)(C)C(C)(C)C)C2)c1. The van der Waals surface area contributed by atoms with Crippen molar-refractivity contribution in [2.24, 2.45) is 5.92 Å². The van der Waals surface area contributed by atoms with Crippen LogP contribution < -0.4 is 9.47 Å². The highest BCUT2D eigenvalue weighted by molar-refractivity contribution is 6.74. The Balaban J connectivity index is 1.45. The predicted octanol–water partition coefficient (Wildman–Crippen LogP) is 8.95. The first-order chi connectivity index (χ1) is 19.0. The topological polar surface area (TPSA) is 46.2 Å². The van der Waals surface area contributed by atoms with E-state index in [0.717, 1.165) is 37.4 Å². The second-order valence-electron chi connectivity index (χ2n) is 15.1. The molecule has 0 saturated heterocycles. The molecular weight excluding hydrogens is 545 g/mol. The summed E-state index contributed by atoms with van der Waals surface area (Å²) in [4.78, 5) is 0. The third kappa shape index (κ3) is 7.47. The maximum atomic E-state index is 7.02. The quantitative estimate of drug-likeness (QED) is 0.256. The van der Waals surface area contributed by atoms with Gasteiger partial charge in [0.25, 0.3) is 0 Å². The standard InChI is InChI=1S/C34H54O5Si2/c1-33(2,3)40(8,9)36-23-25-19-28(22-30(25)39-41(10,11)34(4,5)6)37-26-16-14-17-27(21-26)38-31-20-24-15-12-13-18-29(24)32(31)35-7/h12-18,21,25,28,30-32H,19-20,22-23H2,1-11H3/t25-,28+,30+,31+,32+/m0/s1. The molecule has 7 heteroatoms. The summed E-state index contributed by atoms with van der Waals surface area (Å²) in [7, 11) is -2.05. The molecule has 2 aliphatic carbocycles. The van der Waals surface area contributed by atoms with Crippen molar-refractivity contribution in [2.45, 2.75) is 121 Å². The van der Waals surface area contributed by atoms with Crippen LogP contribution in [0.15, 0.2) is 48.5 Å². The molecule has 228 valence electrons. The van der Waals surface area contributed by atoms with Crippen LogP contribution in [0.4, 0.5) is 0 Å². The van der Waals surface area contributed by atoms with Crippen molar-refractivity contribution in [1.29, 1.82) is 0 Å². The van der Waals surface area contributed by atoms with Crippen LogP contribution in [-0.2, 0) is 20.0 Å². The summed E-state index contributed by atoms with van der Waals surface area (Å²) in [6.07, 6.45) is 2.75. The number of rotatable bonds is 10. The minimum atomic E-state index is -1.94. The lowest BCUT2D eigenvalue weighted by Gasteiger charge is -2.41. The molecule has 0 spiro atoms. The van der Waals surface area contributed by atoms with Crippen molar-refractivity contribution in [3.63, 3.8) is 0 Å². The van der Waals surface area contributed by atoms with Gasteiger partial charge in [-0.15, -0.1) is 0 Å². The van der Waals surface area contributed by atoms with Gasteiger partial charge in [-0.1, -0.05) is 71.9 Å². The van der Waals surface area contributed by atoms with Gasteiger partial charge in [-0.05, 0) is 65.9 Å². The average Bonchev–Trinajstić information content (AvgIpc) is 3.40. The van der Waals surface area contributed by atoms with Crippen LogP contribution in [0.25, 0.3) is 0 Å². The van der Waals surface area contributed by atoms with Gasteiger partial charge in [0.1, 0.15) is 29.8 Å². The first kappa shape index (κ1) is 32.3. The largest absolute Gasteiger partial charge is 0.490 e. The van der Waals surface area contributed by atoms with Crippen LogP contribution in [0.2, 0.25) is 36.3 Å². The normalized spacial score (nSPS) is 25.3. The highest BCUT2D eigenvalue weighted by Gasteiger charge is 2.46. The van der Waals surface area contributed by atoms with Gasteiger partial charge in [-0.2, -0.15) is 0 Å². The average molecular weight is 599 g/mol. The lowest BCUT2D eigenvalue weighted by Crippen LogP contribution is -2.46. The van der Waals surface area contributed by atoms with Crippen LogP contribution >= 0.6 is 0 Å². The number of hydrogen-bond acceptors (Lipinski definition) is 5. The molecule has 0 N–H and O–H groups in total. The van der Waals surface area contributed by atoms with E-state index >= 15 is 0 Å². The zero-order valence-electron chi connectivity index (χ0n) is 27.4. The molecular formula is C34H54O5Si2. The van der Waals surface area contributed by atoms with Gasteiger partial charge in [-0.25, -0.2) is 0 Å². The Hall–Kier alpha value is -1.65. The lowest BCUT2D eigenvalue weighted by molar-refractivity contribution is 0.0124. The molecule has 0 bridgehead atoms. The highest BCUT2D eigenvalue weighted by atomic mass is 28.4. The summed E-state index contributed by atoms with van der Waals surface area (Å²) in [5.74, 6) is 1.98. The molecule has 2 aliphatic rings. The van der Waals surface area contributed by atoms with Crippen LogP contribution in [-0.4, -0.2) is 48.7 Å². The number of ether oxygens (including phenoxy) is 3. The number of methoxy groups -OCH3 is 1. The van der Waals surface area contributed by atoms with Gasteiger partial charge in [0.05, 0.1) is 6.10 Å². The fourth-order valence-corrected chi connectivity index (χ4v) is 7.90. The molecule has 0 aromatic heterocycles. The second kappa shape index (κ2) is 12.2. The van der Waals surface area contributed by atoms with E-state index in [1.165, 1.54) is 11.1 Å².